The highest BCUT2D eigenvalue weighted by molar-refractivity contribution is 9.10. The molecule has 0 spiro atoms. The summed E-state index contributed by atoms with van der Waals surface area (Å²) in [6.07, 6.45) is 3.71. The molecule has 3 aromatic rings. The fourth-order valence-electron chi connectivity index (χ4n) is 4.08. The quantitative estimate of drug-likeness (QED) is 0.288. The summed E-state index contributed by atoms with van der Waals surface area (Å²) in [6, 6.07) is 15.3. The molecular formula is C26H26BrCl3N2O2. The maximum atomic E-state index is 6.64. The summed E-state index contributed by atoms with van der Waals surface area (Å²) >= 11 is 23.0. The lowest BCUT2D eigenvalue weighted by Gasteiger charge is -2.29. The first-order chi connectivity index (χ1) is 16.5. The summed E-state index contributed by atoms with van der Waals surface area (Å²) in [5, 5.41) is 5.34. The number of nitrogens with zero attached hydrogens (tertiary/aromatic N) is 1. The van der Waals surface area contributed by atoms with Gasteiger partial charge in [-0.25, -0.2) is 0 Å². The molecule has 0 amide bonds. The fraction of sp³-hybridized carbons (Fsp3) is 0.308. The average Bonchev–Trinajstić information content (AvgIpc) is 2.84. The van der Waals surface area contributed by atoms with Gasteiger partial charge in [-0.1, -0.05) is 56.8 Å². The molecule has 0 radical (unpaired) electrons. The molecule has 0 aliphatic carbocycles. The van der Waals surface area contributed by atoms with E-state index in [2.05, 4.69) is 38.3 Å². The van der Waals surface area contributed by atoms with Crippen molar-refractivity contribution >= 4 is 62.1 Å². The SMILES string of the molecule is COc1ccc(Br)c(CNc2ccc(N3CCCCC3)c(Cl)c2)c1OCc1c(Cl)cccc1Cl. The molecule has 0 atom stereocenters. The van der Waals surface area contributed by atoms with E-state index in [1.54, 1.807) is 19.2 Å². The highest BCUT2D eigenvalue weighted by Gasteiger charge is 2.18. The van der Waals surface area contributed by atoms with Crippen molar-refractivity contribution in [1.29, 1.82) is 0 Å². The number of hydrogen-bond acceptors (Lipinski definition) is 4. The monoisotopic (exact) mass is 582 g/mol. The van der Waals surface area contributed by atoms with Crippen LogP contribution in [0.1, 0.15) is 30.4 Å². The van der Waals surface area contributed by atoms with Crippen molar-refractivity contribution in [3.63, 3.8) is 0 Å². The molecule has 34 heavy (non-hydrogen) atoms. The molecule has 1 heterocycles. The first-order valence-electron chi connectivity index (χ1n) is 11.2. The van der Waals surface area contributed by atoms with Gasteiger partial charge in [0.2, 0.25) is 0 Å². The number of methoxy groups -OCH3 is 1. The second-order valence-corrected chi connectivity index (χ2v) is 10.2. The Bertz CT molecular complexity index is 1130. The highest BCUT2D eigenvalue weighted by atomic mass is 79.9. The number of halogens is 4. The second kappa shape index (κ2) is 11.8. The number of ether oxygens (including phenoxy) is 2. The van der Waals surface area contributed by atoms with Crippen molar-refractivity contribution in [1.82, 2.24) is 0 Å². The van der Waals surface area contributed by atoms with Crippen molar-refractivity contribution in [2.45, 2.75) is 32.4 Å². The van der Waals surface area contributed by atoms with E-state index in [0.29, 0.717) is 28.1 Å². The van der Waals surface area contributed by atoms with Gasteiger partial charge in [-0.15, -0.1) is 0 Å². The number of hydrogen-bond donors (Lipinski definition) is 1. The summed E-state index contributed by atoms with van der Waals surface area (Å²) in [7, 11) is 1.62. The van der Waals surface area contributed by atoms with Crippen molar-refractivity contribution in [3.05, 3.63) is 79.2 Å². The average molecular weight is 585 g/mol. The highest BCUT2D eigenvalue weighted by Crippen LogP contribution is 2.39. The molecule has 1 N–H and O–H groups in total. The van der Waals surface area contributed by atoms with Crippen molar-refractivity contribution in [2.75, 3.05) is 30.4 Å². The van der Waals surface area contributed by atoms with Gasteiger partial charge in [0.15, 0.2) is 11.5 Å². The molecular weight excluding hydrogens is 559 g/mol. The van der Waals surface area contributed by atoms with Crippen LogP contribution < -0.4 is 19.7 Å². The van der Waals surface area contributed by atoms with Crippen LogP contribution in [0.3, 0.4) is 0 Å². The normalized spacial score (nSPS) is 13.6. The maximum Gasteiger partial charge on any atom is 0.167 e. The zero-order valence-corrected chi connectivity index (χ0v) is 22.7. The van der Waals surface area contributed by atoms with E-state index >= 15 is 0 Å². The minimum Gasteiger partial charge on any atom is -0.493 e. The first kappa shape index (κ1) is 25.3. The Balaban J connectivity index is 1.53. The molecule has 1 fully saturated rings. The van der Waals surface area contributed by atoms with Gasteiger partial charge < -0.3 is 19.7 Å². The van der Waals surface area contributed by atoms with Crippen LogP contribution in [0, 0.1) is 0 Å². The van der Waals surface area contributed by atoms with E-state index in [4.69, 9.17) is 44.3 Å². The van der Waals surface area contributed by atoms with Crippen LogP contribution in [-0.4, -0.2) is 20.2 Å². The van der Waals surface area contributed by atoms with Gasteiger partial charge in [-0.05, 0) is 61.7 Å². The van der Waals surface area contributed by atoms with E-state index in [9.17, 15) is 0 Å². The number of anilines is 2. The Hall–Kier alpha value is -1.79. The molecule has 0 unspecified atom stereocenters. The Kier molecular flexibility index (Phi) is 8.75. The van der Waals surface area contributed by atoms with Crippen LogP contribution in [-0.2, 0) is 13.2 Å². The van der Waals surface area contributed by atoms with Crippen LogP contribution in [0.4, 0.5) is 11.4 Å². The summed E-state index contributed by atoms with van der Waals surface area (Å²) < 4.78 is 12.7. The second-order valence-electron chi connectivity index (χ2n) is 8.11. The Labute approximate surface area is 224 Å². The van der Waals surface area contributed by atoms with E-state index in [-0.39, 0.29) is 6.61 Å². The molecule has 0 aromatic heterocycles. The lowest BCUT2D eigenvalue weighted by atomic mass is 10.1. The lowest BCUT2D eigenvalue weighted by Crippen LogP contribution is -2.29. The summed E-state index contributed by atoms with van der Waals surface area (Å²) in [5.41, 5.74) is 3.67. The van der Waals surface area contributed by atoms with Crippen LogP contribution in [0.2, 0.25) is 15.1 Å². The standard InChI is InChI=1S/C26H26BrCl3N2O2/c1-33-25-11-9-20(27)18(26(25)34-16-19-21(28)6-5-7-22(19)29)15-31-17-8-10-24(23(30)14-17)32-12-3-2-4-13-32/h5-11,14,31H,2-4,12-13,15-16H2,1H3. The molecule has 180 valence electrons. The van der Waals surface area contributed by atoms with Crippen LogP contribution >= 0.6 is 50.7 Å². The van der Waals surface area contributed by atoms with Gasteiger partial charge in [-0.3, -0.25) is 0 Å². The van der Waals surface area contributed by atoms with Gasteiger partial charge in [0.25, 0.3) is 0 Å². The van der Waals surface area contributed by atoms with Gasteiger partial charge in [0, 0.05) is 51.0 Å². The van der Waals surface area contributed by atoms with Crippen molar-refractivity contribution < 1.29 is 9.47 Å². The number of rotatable bonds is 8. The predicted molar refractivity (Wildman–Crippen MR) is 146 cm³/mol. The molecule has 8 heteroatoms. The van der Waals surface area contributed by atoms with E-state index in [1.165, 1.54) is 19.3 Å². The maximum absolute atomic E-state index is 6.64. The number of nitrogens with one attached hydrogen (secondary N) is 1. The zero-order chi connectivity index (χ0) is 24.1. The van der Waals surface area contributed by atoms with Gasteiger partial charge >= 0.3 is 0 Å². The van der Waals surface area contributed by atoms with Gasteiger partial charge in [0.05, 0.1) is 17.8 Å². The molecule has 4 nitrogen and oxygen atoms in total. The van der Waals surface area contributed by atoms with E-state index in [0.717, 1.165) is 45.1 Å². The molecule has 0 saturated carbocycles. The topological polar surface area (TPSA) is 33.7 Å². The van der Waals surface area contributed by atoms with E-state index in [1.807, 2.05) is 24.3 Å². The Morgan fingerprint density at radius 3 is 2.32 bits per heavy atom. The third-order valence-electron chi connectivity index (χ3n) is 5.92. The minimum atomic E-state index is 0.217. The van der Waals surface area contributed by atoms with Crippen molar-refractivity contribution in [2.24, 2.45) is 0 Å². The van der Waals surface area contributed by atoms with Gasteiger partial charge in [0.1, 0.15) is 6.61 Å². The fourth-order valence-corrected chi connectivity index (χ4v) is 5.34. The predicted octanol–water partition coefficient (Wildman–Crippen LogP) is 8.60. The molecule has 3 aromatic carbocycles. The summed E-state index contributed by atoms with van der Waals surface area (Å²) in [6.45, 7) is 2.83. The lowest BCUT2D eigenvalue weighted by molar-refractivity contribution is 0.281. The third kappa shape index (κ3) is 5.88. The van der Waals surface area contributed by atoms with Crippen LogP contribution in [0.25, 0.3) is 0 Å². The zero-order valence-electron chi connectivity index (χ0n) is 18.8. The van der Waals surface area contributed by atoms with E-state index < -0.39 is 0 Å². The number of piperidine rings is 1. The smallest absolute Gasteiger partial charge is 0.167 e. The van der Waals surface area contributed by atoms with Crippen LogP contribution in [0.5, 0.6) is 11.5 Å². The molecule has 1 aliphatic heterocycles. The van der Waals surface area contributed by atoms with Gasteiger partial charge in [-0.2, -0.15) is 0 Å². The van der Waals surface area contributed by atoms with Crippen molar-refractivity contribution in [3.8, 4) is 11.5 Å². The Morgan fingerprint density at radius 1 is 0.912 bits per heavy atom. The molecule has 1 saturated heterocycles. The Morgan fingerprint density at radius 2 is 1.65 bits per heavy atom. The summed E-state index contributed by atoms with van der Waals surface area (Å²) in [4.78, 5) is 2.36. The largest absolute Gasteiger partial charge is 0.493 e. The molecule has 4 rings (SSSR count). The third-order valence-corrected chi connectivity index (χ3v) is 7.68. The minimum absolute atomic E-state index is 0.217. The number of benzene rings is 3. The summed E-state index contributed by atoms with van der Waals surface area (Å²) in [5.74, 6) is 1.25. The molecule has 1 aliphatic rings. The molecule has 0 bridgehead atoms. The van der Waals surface area contributed by atoms with Crippen LogP contribution in [0.15, 0.2) is 53.0 Å². The first-order valence-corrected chi connectivity index (χ1v) is 13.1.